The summed E-state index contributed by atoms with van der Waals surface area (Å²) in [5, 5.41) is 8.22. The van der Waals surface area contributed by atoms with E-state index >= 15 is 0 Å². The minimum absolute atomic E-state index is 0.650. The average molecular weight is 196 g/mol. The molecular weight excluding hydrogens is 185 g/mol. The first-order chi connectivity index (χ1) is 4.85. The van der Waals surface area contributed by atoms with Crippen molar-refractivity contribution in [3.05, 3.63) is 0 Å². The van der Waals surface area contributed by atoms with E-state index in [1.54, 1.807) is 0 Å². The van der Waals surface area contributed by atoms with Crippen molar-refractivity contribution in [2.24, 2.45) is 0 Å². The van der Waals surface area contributed by atoms with Crippen LogP contribution in [0.5, 0.6) is 0 Å². The maximum Gasteiger partial charge on any atom is 0.0708 e. The zero-order chi connectivity index (χ0) is 7.82. The van der Waals surface area contributed by atoms with Crippen LogP contribution in [0.3, 0.4) is 0 Å². The quantitative estimate of drug-likeness (QED) is 0.375. The van der Waals surface area contributed by atoms with Crippen LogP contribution in [0, 0.1) is 11.3 Å². The van der Waals surface area contributed by atoms with Gasteiger partial charge in [0.15, 0.2) is 0 Å². The van der Waals surface area contributed by atoms with Crippen molar-refractivity contribution in [2.75, 3.05) is 11.0 Å². The lowest BCUT2D eigenvalue weighted by molar-refractivity contribution is 0.952. The van der Waals surface area contributed by atoms with Crippen molar-refractivity contribution in [2.45, 2.75) is 18.9 Å². The summed E-state index contributed by atoms with van der Waals surface area (Å²) in [6.45, 7) is 0. The summed E-state index contributed by atoms with van der Waals surface area (Å²) in [4.78, 5) is 0. The van der Waals surface area contributed by atoms with Crippen LogP contribution in [0.25, 0.3) is 0 Å². The molecule has 0 spiro atoms. The first-order valence-electron chi connectivity index (χ1n) is 3.34. The Morgan fingerprint density at radius 2 is 1.90 bits per heavy atom. The van der Waals surface area contributed by atoms with E-state index in [9.17, 15) is 0 Å². The summed E-state index contributed by atoms with van der Waals surface area (Å²) < 4.78 is 0. The van der Waals surface area contributed by atoms with Gasteiger partial charge in [0, 0.05) is 17.4 Å². The normalized spacial score (nSPS) is 9.80. The molecule has 0 aromatic heterocycles. The van der Waals surface area contributed by atoms with E-state index in [-0.39, 0.29) is 0 Å². The Balaban J connectivity index is 3.19. The van der Waals surface area contributed by atoms with Crippen LogP contribution < -0.4 is 0 Å². The van der Waals surface area contributed by atoms with Gasteiger partial charge in [-0.25, -0.2) is 0 Å². The number of nitriles is 1. The third-order valence-corrected chi connectivity index (χ3v) is 6.05. The van der Waals surface area contributed by atoms with Gasteiger partial charge >= 0.3 is 0 Å². The highest BCUT2D eigenvalue weighted by Crippen LogP contribution is 2.03. The number of rotatable bonds is 5. The van der Waals surface area contributed by atoms with E-state index in [0.717, 1.165) is 23.5 Å². The third-order valence-electron chi connectivity index (χ3n) is 1.34. The number of nitrogens with zero attached hydrogens (tertiary/aromatic N) is 1. The van der Waals surface area contributed by atoms with Gasteiger partial charge in [0.05, 0.1) is 14.9 Å². The van der Waals surface area contributed by atoms with Crippen LogP contribution >= 0.6 is 23.2 Å². The van der Waals surface area contributed by atoms with Gasteiger partial charge in [-0.1, -0.05) is 6.04 Å². The SMILES string of the molecule is N#CCCC[SiH](CCl)CCl. The van der Waals surface area contributed by atoms with Crippen molar-refractivity contribution in [3.8, 4) is 6.07 Å². The predicted molar refractivity (Wildman–Crippen MR) is 48.2 cm³/mol. The molecule has 0 N–H and O–H groups in total. The number of hydrogen-bond donors (Lipinski definition) is 0. The molecule has 0 rings (SSSR count). The minimum atomic E-state index is -0.844. The van der Waals surface area contributed by atoms with Crippen LogP contribution in [0.4, 0.5) is 0 Å². The highest BCUT2D eigenvalue weighted by molar-refractivity contribution is 6.73. The van der Waals surface area contributed by atoms with E-state index in [1.807, 2.05) is 0 Å². The van der Waals surface area contributed by atoms with Crippen molar-refractivity contribution >= 4 is 32.0 Å². The summed E-state index contributed by atoms with van der Waals surface area (Å²) >= 11 is 11.3. The van der Waals surface area contributed by atoms with Gasteiger partial charge in [0.2, 0.25) is 0 Å². The molecule has 0 bridgehead atoms. The average Bonchev–Trinajstić information content (AvgIpc) is 1.99. The first-order valence-corrected chi connectivity index (χ1v) is 6.85. The molecule has 0 saturated heterocycles. The van der Waals surface area contributed by atoms with E-state index < -0.39 is 8.80 Å². The molecule has 0 heterocycles. The molecule has 0 unspecified atom stereocenters. The van der Waals surface area contributed by atoms with E-state index in [2.05, 4.69) is 6.07 Å². The van der Waals surface area contributed by atoms with Crippen LogP contribution in [0.15, 0.2) is 0 Å². The molecule has 58 valence electrons. The van der Waals surface area contributed by atoms with E-state index in [1.165, 1.54) is 0 Å². The third kappa shape index (κ3) is 5.10. The Labute approximate surface area is 73.5 Å². The minimum Gasteiger partial charge on any atom is -0.198 e. The molecule has 0 fully saturated rings. The molecule has 0 saturated carbocycles. The van der Waals surface area contributed by atoms with Crippen molar-refractivity contribution in [1.29, 1.82) is 5.26 Å². The molecule has 4 heteroatoms. The second kappa shape index (κ2) is 7.39. The second-order valence-electron chi connectivity index (χ2n) is 2.22. The molecular formula is C6H11Cl2NSi. The second-order valence-corrected chi connectivity index (χ2v) is 7.00. The molecule has 0 aliphatic rings. The predicted octanol–water partition coefficient (Wildman–Crippen LogP) is 2.07. The number of halogens is 2. The van der Waals surface area contributed by atoms with E-state index in [4.69, 9.17) is 28.5 Å². The Morgan fingerprint density at radius 1 is 1.30 bits per heavy atom. The molecule has 0 amide bonds. The highest BCUT2D eigenvalue weighted by Gasteiger charge is 2.06. The topological polar surface area (TPSA) is 23.8 Å². The zero-order valence-electron chi connectivity index (χ0n) is 5.82. The summed E-state index contributed by atoms with van der Waals surface area (Å²) in [6, 6.07) is 3.22. The standard InChI is InChI=1S/C6H11Cl2NSi/c7-5-10(6-8)4-2-1-3-9/h10H,1-2,4-6H2. The monoisotopic (exact) mass is 195 g/mol. The Bertz CT molecular complexity index is 109. The Kier molecular flexibility index (Phi) is 7.61. The molecule has 0 aromatic rings. The summed E-state index contributed by atoms with van der Waals surface area (Å²) in [5.74, 6) is 0. The fourth-order valence-corrected chi connectivity index (χ4v) is 3.75. The highest BCUT2D eigenvalue weighted by atomic mass is 35.5. The molecule has 1 nitrogen and oxygen atoms in total. The molecule has 0 aliphatic carbocycles. The molecule has 0 aliphatic heterocycles. The summed E-state index contributed by atoms with van der Waals surface area (Å²) in [5.41, 5.74) is 1.49. The smallest absolute Gasteiger partial charge is 0.0708 e. The maximum atomic E-state index is 8.22. The number of unbranched alkanes of at least 4 members (excludes halogenated alkanes) is 1. The summed E-state index contributed by atoms with van der Waals surface area (Å²) in [6.07, 6.45) is 1.63. The van der Waals surface area contributed by atoms with Gasteiger partial charge in [0.1, 0.15) is 0 Å². The number of alkyl halides is 2. The van der Waals surface area contributed by atoms with Gasteiger partial charge < -0.3 is 0 Å². The van der Waals surface area contributed by atoms with Gasteiger partial charge in [-0.3, -0.25) is 0 Å². The summed E-state index contributed by atoms with van der Waals surface area (Å²) in [7, 11) is -0.844. The Morgan fingerprint density at radius 3 is 2.30 bits per heavy atom. The Hall–Kier alpha value is 0.287. The van der Waals surface area contributed by atoms with Crippen LogP contribution in [-0.2, 0) is 0 Å². The van der Waals surface area contributed by atoms with Crippen molar-refractivity contribution < 1.29 is 0 Å². The largest absolute Gasteiger partial charge is 0.198 e. The maximum absolute atomic E-state index is 8.22. The van der Waals surface area contributed by atoms with Crippen LogP contribution in [0.1, 0.15) is 12.8 Å². The fourth-order valence-electron chi connectivity index (χ4n) is 0.665. The molecule has 0 aromatic carbocycles. The van der Waals surface area contributed by atoms with Gasteiger partial charge in [0.25, 0.3) is 0 Å². The first kappa shape index (κ1) is 10.3. The van der Waals surface area contributed by atoms with Crippen molar-refractivity contribution in [3.63, 3.8) is 0 Å². The van der Waals surface area contributed by atoms with Gasteiger partial charge in [-0.15, -0.1) is 23.2 Å². The molecule has 0 radical (unpaired) electrons. The fraction of sp³-hybridized carbons (Fsp3) is 0.833. The number of hydrogen-bond acceptors (Lipinski definition) is 1. The lowest BCUT2D eigenvalue weighted by Gasteiger charge is -2.04. The van der Waals surface area contributed by atoms with E-state index in [0.29, 0.717) is 6.42 Å². The van der Waals surface area contributed by atoms with Crippen LogP contribution in [-0.4, -0.2) is 19.8 Å². The molecule has 10 heavy (non-hydrogen) atoms. The van der Waals surface area contributed by atoms with Crippen LogP contribution in [0.2, 0.25) is 6.04 Å². The zero-order valence-corrected chi connectivity index (χ0v) is 8.48. The lowest BCUT2D eigenvalue weighted by Crippen LogP contribution is -2.17. The van der Waals surface area contributed by atoms with Gasteiger partial charge in [-0.2, -0.15) is 5.26 Å². The molecule has 0 atom stereocenters. The van der Waals surface area contributed by atoms with Crippen molar-refractivity contribution in [1.82, 2.24) is 0 Å². The van der Waals surface area contributed by atoms with Gasteiger partial charge in [-0.05, 0) is 6.42 Å². The lowest BCUT2D eigenvalue weighted by atomic mass is 10.4.